The maximum Gasteiger partial charge on any atom is 0.233 e. The van der Waals surface area contributed by atoms with Crippen LogP contribution in [0.3, 0.4) is 0 Å². The van der Waals surface area contributed by atoms with Crippen LogP contribution in [0.2, 0.25) is 0 Å². The maximum atomic E-state index is 12.3. The normalized spacial score (nSPS) is 20.2. The second-order valence-electron chi connectivity index (χ2n) is 5.29. The Morgan fingerprint density at radius 1 is 1.47 bits per heavy atom. The lowest BCUT2D eigenvalue weighted by atomic mass is 9.85. The van der Waals surface area contributed by atoms with Crippen molar-refractivity contribution in [3.63, 3.8) is 0 Å². The highest BCUT2D eigenvalue weighted by Gasteiger charge is 2.44. The van der Waals surface area contributed by atoms with Crippen LogP contribution < -0.4 is 11.1 Å². The monoisotopic (exact) mass is 257 g/mol. The maximum absolute atomic E-state index is 12.3. The average Bonchev–Trinajstić information content (AvgIpc) is 2.65. The van der Waals surface area contributed by atoms with Crippen LogP contribution in [0.25, 0.3) is 0 Å². The second kappa shape index (κ2) is 5.78. The molecule has 1 fully saturated rings. The van der Waals surface area contributed by atoms with E-state index < -0.39 is 5.41 Å². The molecule has 0 aromatic heterocycles. The van der Waals surface area contributed by atoms with Gasteiger partial charge < -0.3 is 16.0 Å². The van der Waals surface area contributed by atoms with Crippen LogP contribution in [0, 0.1) is 5.41 Å². The zero-order valence-electron chi connectivity index (χ0n) is 11.0. The summed E-state index contributed by atoms with van der Waals surface area (Å²) in [5.74, 6) is 0.0110. The van der Waals surface area contributed by atoms with Crippen LogP contribution in [0.1, 0.15) is 32.6 Å². The first-order chi connectivity index (χ1) is 7.88. The van der Waals surface area contributed by atoms with E-state index in [9.17, 15) is 4.79 Å². The first kappa shape index (κ1) is 14.4. The third kappa shape index (κ3) is 3.39. The summed E-state index contributed by atoms with van der Waals surface area (Å²) in [7, 11) is 3.98. The Labute approximate surface area is 109 Å². The van der Waals surface area contributed by atoms with E-state index in [2.05, 4.69) is 5.32 Å². The van der Waals surface area contributed by atoms with Gasteiger partial charge in [-0.3, -0.25) is 4.79 Å². The van der Waals surface area contributed by atoms with Gasteiger partial charge in [-0.2, -0.15) is 0 Å². The van der Waals surface area contributed by atoms with Crippen LogP contribution in [-0.4, -0.2) is 42.5 Å². The van der Waals surface area contributed by atoms with Crippen LogP contribution in [0.5, 0.6) is 0 Å². The van der Waals surface area contributed by atoms with Crippen molar-refractivity contribution in [3.05, 3.63) is 0 Å². The summed E-state index contributed by atoms with van der Waals surface area (Å²) in [6.45, 7) is 2.82. The van der Waals surface area contributed by atoms with Crippen molar-refractivity contribution in [3.8, 4) is 0 Å². The molecular formula is C12H23N3OS. The number of likely N-dealkylation sites (N-methyl/N-ethyl adjacent to an activating group) is 1. The minimum absolute atomic E-state index is 0.0110. The van der Waals surface area contributed by atoms with Crippen LogP contribution in [0.4, 0.5) is 0 Å². The lowest BCUT2D eigenvalue weighted by molar-refractivity contribution is -0.128. The van der Waals surface area contributed by atoms with Gasteiger partial charge in [-0.1, -0.05) is 25.1 Å². The summed E-state index contributed by atoms with van der Waals surface area (Å²) in [6.07, 6.45) is 3.66. The Bertz CT molecular complexity index is 298. The molecule has 1 aliphatic carbocycles. The van der Waals surface area contributed by atoms with Crippen molar-refractivity contribution in [1.29, 1.82) is 0 Å². The second-order valence-corrected chi connectivity index (χ2v) is 5.73. The van der Waals surface area contributed by atoms with Crippen molar-refractivity contribution in [1.82, 2.24) is 10.2 Å². The number of amides is 1. The first-order valence-corrected chi connectivity index (χ1v) is 6.55. The topological polar surface area (TPSA) is 58.4 Å². The summed E-state index contributed by atoms with van der Waals surface area (Å²) < 4.78 is 0. The van der Waals surface area contributed by atoms with E-state index in [1.165, 1.54) is 0 Å². The standard InChI is InChI=1S/C12H23N3OS/c1-9(8-15(2)3)14-11(16)12(10(13)17)6-4-5-7-12/h9H,4-8H2,1-3H3,(H2,13,17)(H,14,16). The van der Waals surface area contributed by atoms with E-state index in [1.54, 1.807) is 0 Å². The Morgan fingerprint density at radius 2 is 2.00 bits per heavy atom. The van der Waals surface area contributed by atoms with Crippen molar-refractivity contribution in [2.45, 2.75) is 38.6 Å². The van der Waals surface area contributed by atoms with Crippen molar-refractivity contribution < 1.29 is 4.79 Å². The highest BCUT2D eigenvalue weighted by molar-refractivity contribution is 7.80. The Kier molecular flexibility index (Phi) is 4.89. The molecule has 17 heavy (non-hydrogen) atoms. The smallest absolute Gasteiger partial charge is 0.233 e. The zero-order chi connectivity index (χ0) is 13.1. The SMILES string of the molecule is CC(CN(C)C)NC(=O)C1(C(N)=S)CCCC1. The molecule has 1 atom stereocenters. The molecule has 1 amide bonds. The number of nitrogens with zero attached hydrogens (tertiary/aromatic N) is 1. The number of hydrogen-bond donors (Lipinski definition) is 2. The largest absolute Gasteiger partial charge is 0.392 e. The van der Waals surface area contributed by atoms with Crippen LogP contribution in [-0.2, 0) is 4.79 Å². The average molecular weight is 257 g/mol. The fourth-order valence-electron chi connectivity index (χ4n) is 2.52. The minimum atomic E-state index is -0.587. The van der Waals surface area contributed by atoms with E-state index in [-0.39, 0.29) is 11.9 Å². The summed E-state index contributed by atoms with van der Waals surface area (Å²) in [4.78, 5) is 14.7. The van der Waals surface area contributed by atoms with Gasteiger partial charge in [0.2, 0.25) is 5.91 Å². The first-order valence-electron chi connectivity index (χ1n) is 6.14. The van der Waals surface area contributed by atoms with Gasteiger partial charge in [-0.15, -0.1) is 0 Å². The lowest BCUT2D eigenvalue weighted by Gasteiger charge is -2.29. The van der Waals surface area contributed by atoms with Gasteiger partial charge in [0.15, 0.2) is 0 Å². The predicted molar refractivity (Wildman–Crippen MR) is 73.8 cm³/mol. The highest BCUT2D eigenvalue weighted by Crippen LogP contribution is 2.38. The number of thiocarbonyl (C=S) groups is 1. The number of nitrogens with two attached hydrogens (primary N) is 1. The molecule has 1 aliphatic rings. The molecule has 3 N–H and O–H groups in total. The Morgan fingerprint density at radius 3 is 2.41 bits per heavy atom. The fraction of sp³-hybridized carbons (Fsp3) is 0.833. The van der Waals surface area contributed by atoms with Gasteiger partial charge in [0.1, 0.15) is 0 Å². The number of rotatable bonds is 5. The van der Waals surface area contributed by atoms with Gasteiger partial charge in [0, 0.05) is 12.6 Å². The van der Waals surface area contributed by atoms with Gasteiger partial charge >= 0.3 is 0 Å². The molecule has 0 heterocycles. The minimum Gasteiger partial charge on any atom is -0.392 e. The van der Waals surface area contributed by atoms with Gasteiger partial charge in [0.05, 0.1) is 10.4 Å². The predicted octanol–water partition coefficient (Wildman–Crippen LogP) is 0.899. The van der Waals surface area contributed by atoms with Gasteiger partial charge in [0.25, 0.3) is 0 Å². The molecule has 0 radical (unpaired) electrons. The molecule has 0 aliphatic heterocycles. The lowest BCUT2D eigenvalue weighted by Crippen LogP contribution is -2.51. The summed E-state index contributed by atoms with van der Waals surface area (Å²) in [5.41, 5.74) is 5.18. The van der Waals surface area contributed by atoms with Crippen LogP contribution >= 0.6 is 12.2 Å². The highest BCUT2D eigenvalue weighted by atomic mass is 32.1. The molecule has 1 unspecified atom stereocenters. The quantitative estimate of drug-likeness (QED) is 0.719. The number of hydrogen-bond acceptors (Lipinski definition) is 3. The van der Waals surface area contributed by atoms with Crippen LogP contribution in [0.15, 0.2) is 0 Å². The molecule has 0 spiro atoms. The van der Waals surface area contributed by atoms with E-state index in [0.717, 1.165) is 32.2 Å². The molecule has 0 bridgehead atoms. The van der Waals surface area contributed by atoms with Crippen molar-refractivity contribution in [2.75, 3.05) is 20.6 Å². The molecule has 5 heteroatoms. The van der Waals surface area contributed by atoms with Crippen molar-refractivity contribution >= 4 is 23.1 Å². The Hall–Kier alpha value is -0.680. The zero-order valence-corrected chi connectivity index (χ0v) is 11.8. The number of nitrogens with one attached hydrogen (secondary N) is 1. The molecule has 0 aromatic rings. The third-order valence-corrected chi connectivity index (χ3v) is 3.77. The summed E-state index contributed by atoms with van der Waals surface area (Å²) in [5, 5.41) is 3.03. The fourth-order valence-corrected chi connectivity index (χ4v) is 2.82. The molecule has 0 aromatic carbocycles. The van der Waals surface area contributed by atoms with E-state index in [4.69, 9.17) is 18.0 Å². The molecule has 1 saturated carbocycles. The molecule has 98 valence electrons. The molecular weight excluding hydrogens is 234 g/mol. The number of carbonyl (C=O) groups excluding carboxylic acids is 1. The Balaban J connectivity index is 2.64. The van der Waals surface area contributed by atoms with E-state index >= 15 is 0 Å². The summed E-state index contributed by atoms with van der Waals surface area (Å²) >= 11 is 5.09. The van der Waals surface area contributed by atoms with E-state index in [1.807, 2.05) is 25.9 Å². The van der Waals surface area contributed by atoms with Gasteiger partial charge in [-0.05, 0) is 33.9 Å². The molecule has 0 saturated heterocycles. The molecule has 1 rings (SSSR count). The summed E-state index contributed by atoms with van der Waals surface area (Å²) in [6, 6.07) is 0.115. The van der Waals surface area contributed by atoms with E-state index in [0.29, 0.717) is 4.99 Å². The molecule has 4 nitrogen and oxygen atoms in total. The third-order valence-electron chi connectivity index (χ3n) is 3.38. The van der Waals surface area contributed by atoms with Gasteiger partial charge in [-0.25, -0.2) is 0 Å². The van der Waals surface area contributed by atoms with Crippen molar-refractivity contribution in [2.24, 2.45) is 11.1 Å². The number of carbonyl (C=O) groups is 1.